The Hall–Kier alpha value is -1.35. The summed E-state index contributed by atoms with van der Waals surface area (Å²) in [7, 11) is 0. The van der Waals surface area contributed by atoms with Gasteiger partial charge in [0.2, 0.25) is 5.91 Å². The van der Waals surface area contributed by atoms with Crippen molar-refractivity contribution in [3.63, 3.8) is 0 Å². The molecule has 1 unspecified atom stereocenters. The number of fused-ring (bicyclic) bond motifs is 2. The molecule has 2 N–H and O–H groups in total. The Kier molecular flexibility index (Phi) is 2.21. The highest BCUT2D eigenvalue weighted by atomic mass is 16.2. The molecular formula is C13H20N2O. The summed E-state index contributed by atoms with van der Waals surface area (Å²) in [6.07, 6.45) is 2.94. The van der Waals surface area contributed by atoms with Crippen LogP contribution in [0.5, 0.6) is 0 Å². The molecule has 0 saturated carbocycles. The van der Waals surface area contributed by atoms with Gasteiger partial charge in [-0.15, -0.1) is 0 Å². The molecule has 0 radical (unpaired) electrons. The first kappa shape index (κ1) is 9.85. The van der Waals surface area contributed by atoms with E-state index in [1.807, 2.05) is 18.2 Å². The predicted octanol–water partition coefficient (Wildman–Crippen LogP) is 2.14. The molecule has 1 fully saturated rings. The van der Waals surface area contributed by atoms with Crippen molar-refractivity contribution in [2.45, 2.75) is 24.7 Å². The maximum absolute atomic E-state index is 12.2. The number of carbonyl (C=O) groups excluding carboxylic acids is 1. The van der Waals surface area contributed by atoms with Gasteiger partial charge < -0.3 is 10.6 Å². The standard InChI is InChI=1S/C13H16N2O.2H2/c16-12-13(6-3-8-14-9-7-13)10-4-1-2-5-11(10)15-12;;/h1-2,4-5,14H,3,6-9H2,(H,15,16);2*1H. The molecule has 1 amide bonds. The molecule has 88 valence electrons. The highest BCUT2D eigenvalue weighted by Crippen LogP contribution is 2.43. The molecule has 3 rings (SSSR count). The summed E-state index contributed by atoms with van der Waals surface area (Å²) in [5.74, 6) is 0.192. The summed E-state index contributed by atoms with van der Waals surface area (Å²) >= 11 is 0. The monoisotopic (exact) mass is 220 g/mol. The Bertz CT molecular complexity index is 429. The van der Waals surface area contributed by atoms with Crippen molar-refractivity contribution in [1.82, 2.24) is 5.32 Å². The van der Waals surface area contributed by atoms with Gasteiger partial charge in [0.1, 0.15) is 0 Å². The number of amides is 1. The van der Waals surface area contributed by atoms with Crippen LogP contribution in [0.25, 0.3) is 0 Å². The lowest BCUT2D eigenvalue weighted by Crippen LogP contribution is -2.35. The van der Waals surface area contributed by atoms with Crippen LogP contribution in [-0.4, -0.2) is 19.0 Å². The number of carbonyl (C=O) groups is 1. The van der Waals surface area contributed by atoms with E-state index in [0.717, 1.165) is 38.0 Å². The lowest BCUT2D eigenvalue weighted by Gasteiger charge is -2.25. The maximum Gasteiger partial charge on any atom is 0.235 e. The summed E-state index contributed by atoms with van der Waals surface area (Å²) in [6.45, 7) is 1.96. The number of benzene rings is 1. The zero-order valence-electron chi connectivity index (χ0n) is 9.25. The zero-order valence-corrected chi connectivity index (χ0v) is 9.25. The lowest BCUT2D eigenvalue weighted by atomic mass is 9.75. The van der Waals surface area contributed by atoms with Crippen LogP contribution in [0.4, 0.5) is 5.69 Å². The van der Waals surface area contributed by atoms with Crippen LogP contribution in [0, 0.1) is 0 Å². The van der Waals surface area contributed by atoms with Crippen LogP contribution in [0.15, 0.2) is 24.3 Å². The largest absolute Gasteiger partial charge is 0.325 e. The molecule has 1 spiro atoms. The molecule has 2 heterocycles. The van der Waals surface area contributed by atoms with Gasteiger partial charge in [-0.05, 0) is 44.0 Å². The minimum atomic E-state index is -0.264. The normalized spacial score (nSPS) is 28.6. The fourth-order valence-corrected chi connectivity index (χ4v) is 2.94. The first-order valence-electron chi connectivity index (χ1n) is 5.95. The minimum Gasteiger partial charge on any atom is -0.325 e. The molecule has 0 aliphatic carbocycles. The van der Waals surface area contributed by atoms with Gasteiger partial charge in [-0.2, -0.15) is 0 Å². The molecule has 2 aliphatic heterocycles. The van der Waals surface area contributed by atoms with Gasteiger partial charge in [0, 0.05) is 8.54 Å². The van der Waals surface area contributed by atoms with Crippen LogP contribution in [-0.2, 0) is 10.2 Å². The Morgan fingerprint density at radius 3 is 3.00 bits per heavy atom. The van der Waals surface area contributed by atoms with Crippen LogP contribution < -0.4 is 10.6 Å². The van der Waals surface area contributed by atoms with Crippen molar-refractivity contribution in [2.24, 2.45) is 0 Å². The third-order valence-corrected chi connectivity index (χ3v) is 3.81. The van der Waals surface area contributed by atoms with E-state index >= 15 is 0 Å². The molecule has 0 bridgehead atoms. The zero-order chi connectivity index (χ0) is 11.0. The average molecular weight is 220 g/mol. The molecule has 0 aromatic heterocycles. The second-order valence-electron chi connectivity index (χ2n) is 4.69. The van der Waals surface area contributed by atoms with E-state index in [0.29, 0.717) is 0 Å². The highest BCUT2D eigenvalue weighted by Gasteiger charge is 2.45. The fourth-order valence-electron chi connectivity index (χ4n) is 2.94. The van der Waals surface area contributed by atoms with E-state index in [-0.39, 0.29) is 14.2 Å². The molecule has 16 heavy (non-hydrogen) atoms. The average Bonchev–Trinajstić information content (AvgIpc) is 2.49. The second-order valence-corrected chi connectivity index (χ2v) is 4.69. The Labute approximate surface area is 98.2 Å². The minimum absolute atomic E-state index is 0. The third kappa shape index (κ3) is 1.28. The number of hydrogen-bond donors (Lipinski definition) is 2. The summed E-state index contributed by atoms with van der Waals surface area (Å²) in [4.78, 5) is 12.2. The smallest absolute Gasteiger partial charge is 0.235 e. The van der Waals surface area contributed by atoms with Crippen LogP contribution >= 0.6 is 0 Å². The van der Waals surface area contributed by atoms with Gasteiger partial charge >= 0.3 is 0 Å². The molecule has 1 aromatic carbocycles. The number of anilines is 1. The number of nitrogens with one attached hydrogen (secondary N) is 2. The summed E-state index contributed by atoms with van der Waals surface area (Å²) < 4.78 is 0. The highest BCUT2D eigenvalue weighted by molar-refractivity contribution is 6.06. The van der Waals surface area contributed by atoms with Crippen molar-refractivity contribution >= 4 is 11.6 Å². The second kappa shape index (κ2) is 3.59. The van der Waals surface area contributed by atoms with Crippen LogP contribution in [0.2, 0.25) is 0 Å². The van der Waals surface area contributed by atoms with Gasteiger partial charge in [0.15, 0.2) is 0 Å². The number of rotatable bonds is 0. The molecule has 1 saturated heterocycles. The predicted molar refractivity (Wildman–Crippen MR) is 67.7 cm³/mol. The van der Waals surface area contributed by atoms with Gasteiger partial charge in [-0.3, -0.25) is 4.79 Å². The first-order valence-corrected chi connectivity index (χ1v) is 5.95. The summed E-state index contributed by atoms with van der Waals surface area (Å²) in [5, 5.41) is 6.39. The van der Waals surface area contributed by atoms with Gasteiger partial charge in [-0.25, -0.2) is 0 Å². The van der Waals surface area contributed by atoms with E-state index in [1.54, 1.807) is 0 Å². The summed E-state index contributed by atoms with van der Waals surface area (Å²) in [5.41, 5.74) is 1.94. The van der Waals surface area contributed by atoms with Crippen molar-refractivity contribution in [1.29, 1.82) is 0 Å². The first-order chi connectivity index (χ1) is 7.83. The quantitative estimate of drug-likeness (QED) is 0.703. The van der Waals surface area contributed by atoms with Gasteiger partial charge in [0.05, 0.1) is 5.41 Å². The number of hydrogen-bond acceptors (Lipinski definition) is 2. The molecule has 2 aliphatic rings. The molecule has 1 aromatic rings. The fraction of sp³-hybridized carbons (Fsp3) is 0.462. The van der Waals surface area contributed by atoms with Gasteiger partial charge in [-0.1, -0.05) is 18.2 Å². The van der Waals surface area contributed by atoms with Crippen molar-refractivity contribution < 1.29 is 7.65 Å². The maximum atomic E-state index is 12.2. The Morgan fingerprint density at radius 1 is 1.19 bits per heavy atom. The van der Waals surface area contributed by atoms with Crippen LogP contribution in [0.3, 0.4) is 0 Å². The molecule has 1 atom stereocenters. The van der Waals surface area contributed by atoms with Crippen molar-refractivity contribution in [3.05, 3.63) is 29.8 Å². The lowest BCUT2D eigenvalue weighted by molar-refractivity contribution is -0.121. The Balaban J connectivity index is 0.000000810. The van der Waals surface area contributed by atoms with E-state index in [9.17, 15) is 4.79 Å². The van der Waals surface area contributed by atoms with Crippen molar-refractivity contribution in [2.75, 3.05) is 18.4 Å². The van der Waals surface area contributed by atoms with Crippen molar-refractivity contribution in [3.8, 4) is 0 Å². The SMILES string of the molecule is O=C1Nc2ccccc2C12CCCNCC2.[HH].[HH]. The Morgan fingerprint density at radius 2 is 2.06 bits per heavy atom. The third-order valence-electron chi connectivity index (χ3n) is 3.81. The molecule has 3 nitrogen and oxygen atoms in total. The van der Waals surface area contributed by atoms with E-state index in [4.69, 9.17) is 0 Å². The number of para-hydroxylation sites is 1. The van der Waals surface area contributed by atoms with Gasteiger partial charge in [0.25, 0.3) is 0 Å². The van der Waals surface area contributed by atoms with E-state index < -0.39 is 0 Å². The van der Waals surface area contributed by atoms with Crippen LogP contribution in [0.1, 0.15) is 27.7 Å². The molecule has 3 heteroatoms. The molecular weight excluding hydrogens is 200 g/mol. The summed E-state index contributed by atoms with van der Waals surface area (Å²) in [6, 6.07) is 8.10. The topological polar surface area (TPSA) is 41.1 Å². The van der Waals surface area contributed by atoms with E-state index in [2.05, 4.69) is 16.7 Å². The van der Waals surface area contributed by atoms with E-state index in [1.165, 1.54) is 5.56 Å².